The number of thiazole rings is 1. The largest absolute Gasteiger partial charge is 0.379 e. The second-order valence-electron chi connectivity index (χ2n) is 7.64. The molecule has 1 fully saturated rings. The van der Waals surface area contributed by atoms with Gasteiger partial charge in [-0.2, -0.15) is 0 Å². The minimum atomic E-state index is -0.998. The predicted octanol–water partition coefficient (Wildman–Crippen LogP) is 3.48. The lowest BCUT2D eigenvalue weighted by Crippen LogP contribution is -2.54. The van der Waals surface area contributed by atoms with Gasteiger partial charge in [0.25, 0.3) is 11.8 Å². The van der Waals surface area contributed by atoms with E-state index in [1.54, 1.807) is 30.5 Å². The third-order valence-corrected chi connectivity index (χ3v) is 6.94. The van der Waals surface area contributed by atoms with Gasteiger partial charge in [0.2, 0.25) is 11.8 Å². The van der Waals surface area contributed by atoms with Crippen LogP contribution in [-0.4, -0.2) is 39.6 Å². The van der Waals surface area contributed by atoms with Gasteiger partial charge in [0.1, 0.15) is 11.0 Å². The van der Waals surface area contributed by atoms with Gasteiger partial charge in [0.05, 0.1) is 22.7 Å². The Morgan fingerprint density at radius 1 is 1.06 bits per heavy atom. The Morgan fingerprint density at radius 3 is 2.64 bits per heavy atom. The highest BCUT2D eigenvalue weighted by atomic mass is 35.5. The minimum absolute atomic E-state index is 0.0774. The fourth-order valence-corrected chi connectivity index (χ4v) is 5.17. The summed E-state index contributed by atoms with van der Waals surface area (Å²) in [5.41, 5.74) is 1.80. The summed E-state index contributed by atoms with van der Waals surface area (Å²) in [6.07, 6.45) is 1.93. The van der Waals surface area contributed by atoms with Crippen LogP contribution in [0.1, 0.15) is 38.4 Å². The first kappa shape index (κ1) is 21.3. The van der Waals surface area contributed by atoms with Crippen LogP contribution in [0.25, 0.3) is 10.6 Å². The molecule has 2 aliphatic heterocycles. The molecule has 1 atom stereocenters. The van der Waals surface area contributed by atoms with Crippen LogP contribution in [0.4, 0.5) is 5.69 Å². The number of anilines is 1. The Balaban J connectivity index is 1.36. The summed E-state index contributed by atoms with van der Waals surface area (Å²) in [6.45, 7) is 0.387. The van der Waals surface area contributed by atoms with Crippen molar-refractivity contribution >= 4 is 52.3 Å². The van der Waals surface area contributed by atoms with Crippen molar-refractivity contribution in [2.45, 2.75) is 25.4 Å². The molecule has 0 aliphatic carbocycles. The number of hydrogen-bond donors (Lipinski definition) is 2. The van der Waals surface area contributed by atoms with Gasteiger partial charge in [-0.1, -0.05) is 35.9 Å². The first-order valence-electron chi connectivity index (χ1n) is 10.2. The molecule has 0 radical (unpaired) electrons. The van der Waals surface area contributed by atoms with Crippen molar-refractivity contribution in [3.05, 3.63) is 69.7 Å². The van der Waals surface area contributed by atoms with Crippen molar-refractivity contribution in [2.75, 3.05) is 5.32 Å². The van der Waals surface area contributed by atoms with E-state index >= 15 is 0 Å². The lowest BCUT2D eigenvalue weighted by Gasteiger charge is -2.27. The molecular weight excluding hydrogens is 464 g/mol. The van der Waals surface area contributed by atoms with Crippen molar-refractivity contribution in [3.8, 4) is 10.6 Å². The third kappa shape index (κ3) is 3.79. The number of fused-ring (bicyclic) bond motifs is 1. The van der Waals surface area contributed by atoms with Crippen LogP contribution in [0, 0.1) is 0 Å². The van der Waals surface area contributed by atoms with Crippen molar-refractivity contribution < 1.29 is 19.2 Å². The van der Waals surface area contributed by atoms with Crippen molar-refractivity contribution in [1.82, 2.24) is 15.2 Å². The van der Waals surface area contributed by atoms with E-state index in [2.05, 4.69) is 15.6 Å². The number of aromatic nitrogens is 1. The van der Waals surface area contributed by atoms with Crippen LogP contribution in [-0.2, 0) is 16.1 Å². The maximum absolute atomic E-state index is 13.2. The number of imide groups is 2. The van der Waals surface area contributed by atoms with Gasteiger partial charge >= 0.3 is 0 Å². The highest BCUT2D eigenvalue weighted by Gasteiger charge is 2.45. The maximum atomic E-state index is 13.2. The second-order valence-corrected chi connectivity index (χ2v) is 9.16. The van der Waals surface area contributed by atoms with Crippen molar-refractivity contribution in [1.29, 1.82) is 0 Å². The number of rotatable bonds is 5. The number of amides is 4. The first-order chi connectivity index (χ1) is 15.9. The molecule has 166 valence electrons. The summed E-state index contributed by atoms with van der Waals surface area (Å²) in [4.78, 5) is 56.2. The molecule has 3 heterocycles. The van der Waals surface area contributed by atoms with Gasteiger partial charge in [-0.05, 0) is 24.6 Å². The lowest BCUT2D eigenvalue weighted by atomic mass is 10.0. The topological polar surface area (TPSA) is 108 Å². The first-order valence-corrected chi connectivity index (χ1v) is 11.4. The van der Waals surface area contributed by atoms with Gasteiger partial charge in [-0.15, -0.1) is 11.3 Å². The summed E-state index contributed by atoms with van der Waals surface area (Å²) < 4.78 is 0. The molecule has 5 rings (SSSR count). The number of nitrogens with one attached hydrogen (secondary N) is 2. The van der Waals surface area contributed by atoms with E-state index in [-0.39, 0.29) is 24.0 Å². The Bertz CT molecular complexity index is 1320. The molecule has 8 nitrogen and oxygen atoms in total. The average Bonchev–Trinajstić information content (AvgIpc) is 3.37. The van der Waals surface area contributed by atoms with Crippen LogP contribution < -0.4 is 10.6 Å². The smallest absolute Gasteiger partial charge is 0.264 e. The molecule has 0 bridgehead atoms. The Labute approximate surface area is 197 Å². The SMILES string of the molecule is O=C1CCC(N2C(=O)c3cccc(NCc4cnc(-c5ccccc5Cl)s4)c3C2=O)C(=O)N1. The molecule has 1 aromatic heterocycles. The molecule has 1 saturated heterocycles. The summed E-state index contributed by atoms with van der Waals surface area (Å²) in [6, 6.07) is 11.4. The summed E-state index contributed by atoms with van der Waals surface area (Å²) in [5.74, 6) is -2.12. The van der Waals surface area contributed by atoms with E-state index in [1.807, 2.05) is 18.2 Å². The predicted molar refractivity (Wildman–Crippen MR) is 123 cm³/mol. The van der Waals surface area contributed by atoms with E-state index in [0.717, 1.165) is 20.3 Å². The number of piperidine rings is 1. The van der Waals surface area contributed by atoms with Crippen LogP contribution >= 0.6 is 22.9 Å². The summed E-state index contributed by atoms with van der Waals surface area (Å²) >= 11 is 7.73. The number of nitrogens with zero attached hydrogens (tertiary/aromatic N) is 2. The van der Waals surface area contributed by atoms with Crippen LogP contribution in [0.5, 0.6) is 0 Å². The number of hydrogen-bond acceptors (Lipinski definition) is 7. The summed E-state index contributed by atoms with van der Waals surface area (Å²) in [7, 11) is 0. The molecule has 2 N–H and O–H groups in total. The monoisotopic (exact) mass is 480 g/mol. The zero-order chi connectivity index (χ0) is 23.1. The molecule has 3 aromatic rings. The fraction of sp³-hybridized carbons (Fsp3) is 0.174. The molecule has 1 unspecified atom stereocenters. The normalized spacial score (nSPS) is 17.8. The standard InChI is InChI=1S/C23H17ClN4O4S/c24-15-6-2-1-4-13(15)21-26-11-12(33-21)10-25-16-7-3-5-14-19(16)23(32)28(22(14)31)17-8-9-18(29)27-20(17)30/h1-7,11,17,25H,8-10H2,(H,27,29,30). The minimum Gasteiger partial charge on any atom is -0.379 e. The molecule has 4 amide bonds. The zero-order valence-corrected chi connectivity index (χ0v) is 18.7. The average molecular weight is 481 g/mol. The number of halogens is 1. The quantitative estimate of drug-likeness (QED) is 0.541. The van der Waals surface area contributed by atoms with E-state index in [9.17, 15) is 19.2 Å². The Morgan fingerprint density at radius 2 is 1.85 bits per heavy atom. The molecule has 2 aliphatic rings. The lowest BCUT2D eigenvalue weighted by molar-refractivity contribution is -0.136. The number of carbonyl (C=O) groups is 4. The third-order valence-electron chi connectivity index (χ3n) is 5.58. The van der Waals surface area contributed by atoms with Crippen molar-refractivity contribution in [2.24, 2.45) is 0 Å². The second kappa shape index (κ2) is 8.42. The molecular formula is C23H17ClN4O4S. The Kier molecular flexibility index (Phi) is 5.43. The zero-order valence-electron chi connectivity index (χ0n) is 17.1. The van der Waals surface area contributed by atoms with E-state index in [4.69, 9.17) is 11.6 Å². The molecule has 2 aromatic carbocycles. The van der Waals surface area contributed by atoms with Gasteiger partial charge < -0.3 is 5.32 Å². The maximum Gasteiger partial charge on any atom is 0.264 e. The van der Waals surface area contributed by atoms with E-state index < -0.39 is 29.7 Å². The van der Waals surface area contributed by atoms with Gasteiger partial charge in [0, 0.05) is 28.7 Å². The molecule has 33 heavy (non-hydrogen) atoms. The Hall–Kier alpha value is -3.56. The van der Waals surface area contributed by atoms with Crippen LogP contribution in [0.3, 0.4) is 0 Å². The summed E-state index contributed by atoms with van der Waals surface area (Å²) in [5, 5.41) is 6.82. The van der Waals surface area contributed by atoms with E-state index in [1.165, 1.54) is 11.3 Å². The van der Waals surface area contributed by atoms with Gasteiger partial charge in [0.15, 0.2) is 0 Å². The van der Waals surface area contributed by atoms with Gasteiger partial charge in [-0.3, -0.25) is 29.4 Å². The highest BCUT2D eigenvalue weighted by Crippen LogP contribution is 2.34. The van der Waals surface area contributed by atoms with Crippen LogP contribution in [0.2, 0.25) is 5.02 Å². The number of benzene rings is 2. The fourth-order valence-electron chi connectivity index (χ4n) is 3.99. The number of carbonyl (C=O) groups excluding carboxylic acids is 4. The molecule has 10 heteroatoms. The van der Waals surface area contributed by atoms with Crippen LogP contribution in [0.15, 0.2) is 48.7 Å². The molecule has 0 saturated carbocycles. The molecule has 0 spiro atoms. The highest BCUT2D eigenvalue weighted by molar-refractivity contribution is 7.15. The van der Waals surface area contributed by atoms with E-state index in [0.29, 0.717) is 17.3 Å². The van der Waals surface area contributed by atoms with Gasteiger partial charge in [-0.25, -0.2) is 4.98 Å². The van der Waals surface area contributed by atoms with Crippen molar-refractivity contribution in [3.63, 3.8) is 0 Å².